The summed E-state index contributed by atoms with van der Waals surface area (Å²) in [5.74, 6) is 0.633. The maximum Gasteiger partial charge on any atom is 0.248 e. The second kappa shape index (κ2) is 7.99. The van der Waals surface area contributed by atoms with E-state index < -0.39 is 5.91 Å². The molecule has 0 aliphatic carbocycles. The third kappa shape index (κ3) is 4.49. The molecule has 27 heavy (non-hydrogen) atoms. The monoisotopic (exact) mass is 365 g/mol. The van der Waals surface area contributed by atoms with Gasteiger partial charge < -0.3 is 10.7 Å². The number of pyridine rings is 1. The molecule has 0 unspecified atom stereocenters. The van der Waals surface area contributed by atoms with Crippen molar-refractivity contribution in [3.8, 4) is 11.4 Å². The number of hydrogen-bond acceptors (Lipinski definition) is 4. The van der Waals surface area contributed by atoms with Crippen molar-refractivity contribution in [3.63, 3.8) is 0 Å². The van der Waals surface area contributed by atoms with Crippen LogP contribution in [0, 0.1) is 0 Å². The lowest BCUT2D eigenvalue weighted by atomic mass is 10.0. The average Bonchev–Trinajstić information content (AvgIpc) is 3.02. The zero-order chi connectivity index (χ0) is 19.4. The molecule has 0 saturated heterocycles. The van der Waals surface area contributed by atoms with Crippen molar-refractivity contribution in [1.29, 1.82) is 0 Å². The Labute approximate surface area is 157 Å². The summed E-state index contributed by atoms with van der Waals surface area (Å²) in [5, 5.41) is 4.48. The fourth-order valence-electron chi connectivity index (χ4n) is 3.00. The highest BCUT2D eigenvalue weighted by Gasteiger charge is 2.18. The van der Waals surface area contributed by atoms with Crippen molar-refractivity contribution >= 4 is 5.91 Å². The first-order valence-electron chi connectivity index (χ1n) is 8.93. The van der Waals surface area contributed by atoms with Gasteiger partial charge >= 0.3 is 0 Å². The highest BCUT2D eigenvalue weighted by atomic mass is 16.1. The predicted octanol–water partition coefficient (Wildman–Crippen LogP) is 2.03. The molecular formula is C20H23N5O2. The number of nitrogens with zero attached hydrogens (tertiary/aromatic N) is 3. The number of aromatic nitrogens is 4. The maximum absolute atomic E-state index is 11.8. The van der Waals surface area contributed by atoms with E-state index in [9.17, 15) is 9.59 Å². The van der Waals surface area contributed by atoms with Crippen LogP contribution in [0.15, 0.2) is 47.3 Å². The molecule has 0 fully saturated rings. The van der Waals surface area contributed by atoms with Crippen LogP contribution < -0.4 is 11.3 Å². The summed E-state index contributed by atoms with van der Waals surface area (Å²) in [6.45, 7) is 4.61. The van der Waals surface area contributed by atoms with E-state index in [2.05, 4.69) is 27.2 Å². The van der Waals surface area contributed by atoms with Gasteiger partial charge in [0.05, 0.1) is 6.42 Å². The molecule has 0 aliphatic heterocycles. The number of aryl methyl sites for hydroxylation is 2. The number of rotatable bonds is 7. The predicted molar refractivity (Wildman–Crippen MR) is 103 cm³/mol. The van der Waals surface area contributed by atoms with Gasteiger partial charge in [-0.25, -0.2) is 9.67 Å². The molecule has 1 amide bonds. The first kappa shape index (κ1) is 18.6. The number of hydrogen-bond donors (Lipinski definition) is 2. The van der Waals surface area contributed by atoms with E-state index in [1.807, 2.05) is 32.0 Å². The Kier molecular flexibility index (Phi) is 5.49. The Balaban J connectivity index is 2.01. The van der Waals surface area contributed by atoms with Crippen molar-refractivity contribution in [3.05, 3.63) is 69.9 Å². The van der Waals surface area contributed by atoms with E-state index in [-0.39, 0.29) is 17.9 Å². The molecule has 3 aromatic rings. The third-order valence-electron chi connectivity index (χ3n) is 4.27. The molecule has 2 aromatic heterocycles. The van der Waals surface area contributed by atoms with Gasteiger partial charge in [0.1, 0.15) is 0 Å². The zero-order valence-electron chi connectivity index (χ0n) is 15.5. The van der Waals surface area contributed by atoms with Gasteiger partial charge in [0.2, 0.25) is 11.5 Å². The number of carbonyl (C=O) groups is 1. The Morgan fingerprint density at radius 3 is 2.59 bits per heavy atom. The number of benzene rings is 1. The van der Waals surface area contributed by atoms with Gasteiger partial charge in [0.25, 0.3) is 0 Å². The normalized spacial score (nSPS) is 11.1. The lowest BCUT2D eigenvalue weighted by Crippen LogP contribution is -2.15. The second-order valence-electron chi connectivity index (χ2n) is 6.76. The molecule has 0 spiro atoms. The highest BCUT2D eigenvalue weighted by molar-refractivity contribution is 5.75. The smallest absolute Gasteiger partial charge is 0.248 e. The van der Waals surface area contributed by atoms with Crippen molar-refractivity contribution in [2.45, 2.75) is 39.2 Å². The van der Waals surface area contributed by atoms with Gasteiger partial charge in [-0.1, -0.05) is 44.2 Å². The first-order chi connectivity index (χ1) is 12.9. The Morgan fingerprint density at radius 1 is 1.19 bits per heavy atom. The number of nitrogens with one attached hydrogen (secondary N) is 1. The van der Waals surface area contributed by atoms with E-state index in [0.717, 1.165) is 17.7 Å². The van der Waals surface area contributed by atoms with Crippen molar-refractivity contribution in [2.75, 3.05) is 0 Å². The number of nitrogens with two attached hydrogens (primary N) is 1. The fourth-order valence-corrected chi connectivity index (χ4v) is 3.00. The van der Waals surface area contributed by atoms with E-state index in [1.54, 1.807) is 10.7 Å². The first-order valence-corrected chi connectivity index (χ1v) is 8.93. The molecule has 3 N–H and O–H groups in total. The Bertz CT molecular complexity index is 989. The summed E-state index contributed by atoms with van der Waals surface area (Å²) < 4.78 is 1.78. The largest absolute Gasteiger partial charge is 0.369 e. The SMILES string of the molecule is CC(C)c1[nH]c(=O)ccc1-c1nc(CC(N)=O)nn1CCc1ccccc1. The molecule has 3 rings (SSSR count). The van der Waals surface area contributed by atoms with Crippen LogP contribution in [0.4, 0.5) is 0 Å². The van der Waals surface area contributed by atoms with Crippen LogP contribution >= 0.6 is 0 Å². The minimum atomic E-state index is -0.479. The van der Waals surface area contributed by atoms with Crippen molar-refractivity contribution in [1.82, 2.24) is 19.7 Å². The molecule has 1 aromatic carbocycles. The van der Waals surface area contributed by atoms with Crippen molar-refractivity contribution in [2.24, 2.45) is 5.73 Å². The molecule has 140 valence electrons. The van der Waals surface area contributed by atoms with Crippen LogP contribution in [0.3, 0.4) is 0 Å². The van der Waals surface area contributed by atoms with Crippen LogP contribution in [0.2, 0.25) is 0 Å². The van der Waals surface area contributed by atoms with Crippen LogP contribution in [0.5, 0.6) is 0 Å². The lowest BCUT2D eigenvalue weighted by Gasteiger charge is -2.12. The molecule has 0 bridgehead atoms. The van der Waals surface area contributed by atoms with E-state index in [0.29, 0.717) is 18.2 Å². The van der Waals surface area contributed by atoms with Gasteiger partial charge in [-0.3, -0.25) is 9.59 Å². The van der Waals surface area contributed by atoms with Crippen LogP contribution in [-0.4, -0.2) is 25.7 Å². The zero-order valence-corrected chi connectivity index (χ0v) is 15.5. The summed E-state index contributed by atoms with van der Waals surface area (Å²) in [4.78, 5) is 30.5. The Morgan fingerprint density at radius 2 is 1.93 bits per heavy atom. The highest BCUT2D eigenvalue weighted by Crippen LogP contribution is 2.25. The molecule has 2 heterocycles. The van der Waals surface area contributed by atoms with Gasteiger partial charge in [-0.15, -0.1) is 0 Å². The summed E-state index contributed by atoms with van der Waals surface area (Å²) in [5.41, 5.74) is 7.93. The van der Waals surface area contributed by atoms with Gasteiger partial charge in [-0.05, 0) is 24.0 Å². The van der Waals surface area contributed by atoms with Gasteiger partial charge in [-0.2, -0.15) is 5.10 Å². The standard InChI is InChI=1S/C20H23N5O2/c1-13(2)19-15(8-9-18(27)23-19)20-22-17(12-16(21)26)24-25(20)11-10-14-6-4-3-5-7-14/h3-9,13H,10-12H2,1-2H3,(H2,21,26)(H,23,27). The molecular weight excluding hydrogens is 342 g/mol. The summed E-state index contributed by atoms with van der Waals surface area (Å²) >= 11 is 0. The van der Waals surface area contributed by atoms with Crippen LogP contribution in [0.1, 0.15) is 36.8 Å². The molecule has 0 aliphatic rings. The maximum atomic E-state index is 11.8. The summed E-state index contributed by atoms with van der Waals surface area (Å²) in [7, 11) is 0. The van der Waals surface area contributed by atoms with Gasteiger partial charge in [0, 0.05) is 23.9 Å². The second-order valence-corrected chi connectivity index (χ2v) is 6.76. The third-order valence-corrected chi connectivity index (χ3v) is 4.27. The molecule has 0 saturated carbocycles. The van der Waals surface area contributed by atoms with Crippen LogP contribution in [0.25, 0.3) is 11.4 Å². The minimum absolute atomic E-state index is 0.0221. The number of amides is 1. The molecule has 7 nitrogen and oxygen atoms in total. The van der Waals surface area contributed by atoms with E-state index in [1.165, 1.54) is 11.6 Å². The quantitative estimate of drug-likeness (QED) is 0.668. The van der Waals surface area contributed by atoms with Crippen molar-refractivity contribution < 1.29 is 4.79 Å². The summed E-state index contributed by atoms with van der Waals surface area (Å²) in [6.07, 6.45) is 0.749. The number of carbonyl (C=O) groups excluding carboxylic acids is 1. The molecule has 0 atom stereocenters. The Hall–Kier alpha value is -3.22. The molecule has 7 heteroatoms. The molecule has 0 radical (unpaired) electrons. The number of H-pyrrole nitrogens is 1. The summed E-state index contributed by atoms with van der Waals surface area (Å²) in [6, 6.07) is 13.3. The van der Waals surface area contributed by atoms with E-state index >= 15 is 0 Å². The minimum Gasteiger partial charge on any atom is -0.369 e. The van der Waals surface area contributed by atoms with Gasteiger partial charge in [0.15, 0.2) is 11.6 Å². The van der Waals surface area contributed by atoms with Crippen LogP contribution in [-0.2, 0) is 24.2 Å². The lowest BCUT2D eigenvalue weighted by molar-refractivity contribution is -0.117. The topological polar surface area (TPSA) is 107 Å². The average molecular weight is 365 g/mol. The number of primary amides is 1. The number of aromatic amines is 1. The van der Waals surface area contributed by atoms with E-state index in [4.69, 9.17) is 5.73 Å². The fraction of sp³-hybridized carbons (Fsp3) is 0.300.